The molecule has 1 aromatic carbocycles. The molecule has 0 atom stereocenters. The van der Waals surface area contributed by atoms with Crippen LogP contribution in [0.2, 0.25) is 0 Å². The van der Waals surface area contributed by atoms with E-state index in [1.807, 2.05) is 32.6 Å². The molecule has 4 N–H and O–H groups in total. The van der Waals surface area contributed by atoms with Gasteiger partial charge in [-0.25, -0.2) is 4.79 Å². The number of nitrogens with zero attached hydrogens (tertiary/aromatic N) is 1. The topological polar surface area (TPSA) is 111 Å². The molecule has 1 fully saturated rings. The van der Waals surface area contributed by atoms with Crippen LogP contribution in [0.4, 0.5) is 10.5 Å². The number of carbonyl (C=O) groups excluding carboxylic acids is 2. The summed E-state index contributed by atoms with van der Waals surface area (Å²) in [5.74, 6) is -1.01. The third-order valence-electron chi connectivity index (χ3n) is 4.87. The Balaban J connectivity index is 1.87. The van der Waals surface area contributed by atoms with Crippen molar-refractivity contribution in [2.75, 3.05) is 18.4 Å². The average molecular weight is 390 g/mol. The van der Waals surface area contributed by atoms with Crippen LogP contribution in [0.5, 0.6) is 0 Å². The number of carbonyl (C=O) groups is 3. The van der Waals surface area contributed by atoms with Crippen molar-refractivity contribution < 1.29 is 19.5 Å². The van der Waals surface area contributed by atoms with E-state index in [9.17, 15) is 14.4 Å². The number of hydrogen-bond donors (Lipinski definition) is 4. The molecule has 0 unspecified atom stereocenters. The number of carboxylic acid groups (broad SMARTS) is 1. The first-order valence-corrected chi connectivity index (χ1v) is 9.64. The second-order valence-electron chi connectivity index (χ2n) is 7.54. The lowest BCUT2D eigenvalue weighted by Crippen LogP contribution is -2.55. The molecule has 0 aromatic heterocycles. The summed E-state index contributed by atoms with van der Waals surface area (Å²) in [5.41, 5.74) is 1.92. The maximum absolute atomic E-state index is 12.3. The van der Waals surface area contributed by atoms with Gasteiger partial charge in [0.05, 0.1) is 6.54 Å². The van der Waals surface area contributed by atoms with Gasteiger partial charge in [-0.2, -0.15) is 0 Å². The van der Waals surface area contributed by atoms with Gasteiger partial charge in [0.25, 0.3) is 5.91 Å². The van der Waals surface area contributed by atoms with Crippen molar-refractivity contribution in [2.24, 2.45) is 0 Å². The van der Waals surface area contributed by atoms with Crippen molar-refractivity contribution in [1.82, 2.24) is 15.5 Å². The van der Waals surface area contributed by atoms with Crippen molar-refractivity contribution in [3.05, 3.63) is 29.3 Å². The van der Waals surface area contributed by atoms with Gasteiger partial charge in [-0.3, -0.25) is 14.5 Å². The summed E-state index contributed by atoms with van der Waals surface area (Å²) in [7, 11) is 0. The van der Waals surface area contributed by atoms with E-state index in [4.69, 9.17) is 5.11 Å². The highest BCUT2D eigenvalue weighted by Gasteiger charge is 2.34. The summed E-state index contributed by atoms with van der Waals surface area (Å²) in [4.78, 5) is 37.3. The average Bonchev–Trinajstić information content (AvgIpc) is 2.56. The molecule has 8 heteroatoms. The quantitative estimate of drug-likeness (QED) is 0.544. The lowest BCUT2D eigenvalue weighted by atomic mass is 9.85. The number of rotatable bonds is 8. The van der Waals surface area contributed by atoms with Gasteiger partial charge in [0, 0.05) is 29.4 Å². The van der Waals surface area contributed by atoms with E-state index >= 15 is 0 Å². The number of amides is 3. The van der Waals surface area contributed by atoms with Crippen molar-refractivity contribution in [3.63, 3.8) is 0 Å². The Hall–Kier alpha value is -2.61. The summed E-state index contributed by atoms with van der Waals surface area (Å²) in [6.45, 7) is 8.26. The number of aliphatic carboxylic acids is 1. The molecule has 1 saturated carbocycles. The van der Waals surface area contributed by atoms with Crippen LogP contribution in [0.15, 0.2) is 18.2 Å². The van der Waals surface area contributed by atoms with Crippen molar-refractivity contribution >= 4 is 23.6 Å². The molecule has 28 heavy (non-hydrogen) atoms. The fourth-order valence-electron chi connectivity index (χ4n) is 3.31. The number of benzene rings is 1. The summed E-state index contributed by atoms with van der Waals surface area (Å²) < 4.78 is 0. The Bertz CT molecular complexity index is 729. The van der Waals surface area contributed by atoms with E-state index in [1.54, 1.807) is 18.2 Å². The number of carboxylic acids is 1. The highest BCUT2D eigenvalue weighted by atomic mass is 16.4. The molecule has 0 heterocycles. The van der Waals surface area contributed by atoms with E-state index < -0.39 is 5.97 Å². The van der Waals surface area contributed by atoms with Crippen molar-refractivity contribution in [3.8, 4) is 0 Å². The minimum atomic E-state index is -0.840. The Kier molecular flexibility index (Phi) is 7.39. The number of likely N-dealkylation sites (N-methyl/N-ethyl adjacent to an activating group) is 1. The van der Waals surface area contributed by atoms with Crippen LogP contribution in [-0.4, -0.2) is 59.1 Å². The standard InChI is InChI=1S/C20H30N4O4/c1-5-24(11-18(25)26)16-8-15(9-16)23-20(28)22-14-7-6-13(4)17(10-14)19(27)21-12(2)3/h6-7,10,12,15-16H,5,8-9,11H2,1-4H3,(H,21,27)(H,25,26)(H2,22,23,28). The van der Waals surface area contributed by atoms with Gasteiger partial charge in [-0.1, -0.05) is 13.0 Å². The van der Waals surface area contributed by atoms with Gasteiger partial charge in [-0.05, 0) is 57.9 Å². The van der Waals surface area contributed by atoms with Gasteiger partial charge >= 0.3 is 12.0 Å². The Morgan fingerprint density at radius 1 is 1.25 bits per heavy atom. The monoisotopic (exact) mass is 390 g/mol. The van der Waals surface area contributed by atoms with Gasteiger partial charge in [0.1, 0.15) is 0 Å². The largest absolute Gasteiger partial charge is 0.480 e. The molecule has 3 amide bonds. The molecule has 0 radical (unpaired) electrons. The van der Waals surface area contributed by atoms with Gasteiger partial charge in [0.15, 0.2) is 0 Å². The van der Waals surface area contributed by atoms with Crippen molar-refractivity contribution in [1.29, 1.82) is 0 Å². The van der Waals surface area contributed by atoms with Gasteiger partial charge < -0.3 is 21.1 Å². The zero-order chi connectivity index (χ0) is 20.8. The first-order valence-electron chi connectivity index (χ1n) is 9.64. The number of aryl methyl sites for hydroxylation is 1. The first kappa shape index (κ1) is 21.7. The smallest absolute Gasteiger partial charge is 0.319 e. The second-order valence-corrected chi connectivity index (χ2v) is 7.54. The van der Waals surface area contributed by atoms with Crippen LogP contribution >= 0.6 is 0 Å². The Labute approximate surface area is 165 Å². The van der Waals surface area contributed by atoms with E-state index in [0.29, 0.717) is 17.8 Å². The molecule has 1 aromatic rings. The van der Waals surface area contributed by atoms with Crippen LogP contribution in [0.25, 0.3) is 0 Å². The van der Waals surface area contributed by atoms with Crippen LogP contribution in [0.1, 0.15) is 49.5 Å². The number of anilines is 1. The lowest BCUT2D eigenvalue weighted by Gasteiger charge is -2.42. The third kappa shape index (κ3) is 5.95. The minimum Gasteiger partial charge on any atom is -0.480 e. The van der Waals surface area contributed by atoms with E-state index in [2.05, 4.69) is 16.0 Å². The molecule has 154 valence electrons. The van der Waals surface area contributed by atoms with Crippen LogP contribution in [0, 0.1) is 6.92 Å². The summed E-state index contributed by atoms with van der Waals surface area (Å²) in [6.07, 6.45) is 1.45. The fraction of sp³-hybridized carbons (Fsp3) is 0.550. The first-order chi connectivity index (χ1) is 13.2. The van der Waals surface area contributed by atoms with Crippen molar-refractivity contribution in [2.45, 2.75) is 58.7 Å². The second kappa shape index (κ2) is 9.54. The van der Waals surface area contributed by atoms with Crippen LogP contribution in [-0.2, 0) is 4.79 Å². The number of hydrogen-bond acceptors (Lipinski definition) is 4. The normalized spacial score (nSPS) is 18.5. The molecule has 0 bridgehead atoms. The number of nitrogens with one attached hydrogen (secondary N) is 3. The Morgan fingerprint density at radius 2 is 1.93 bits per heavy atom. The zero-order valence-electron chi connectivity index (χ0n) is 16.9. The molecule has 0 saturated heterocycles. The fourth-order valence-corrected chi connectivity index (χ4v) is 3.31. The highest BCUT2D eigenvalue weighted by Crippen LogP contribution is 2.25. The lowest BCUT2D eigenvalue weighted by molar-refractivity contribution is -0.139. The van der Waals surface area contributed by atoms with Gasteiger partial charge in [0.2, 0.25) is 0 Å². The number of urea groups is 1. The SMILES string of the molecule is CCN(CC(=O)O)C1CC(NC(=O)Nc2ccc(C)c(C(=O)NC(C)C)c2)C1. The molecular formula is C20H30N4O4. The highest BCUT2D eigenvalue weighted by molar-refractivity contribution is 5.98. The third-order valence-corrected chi connectivity index (χ3v) is 4.87. The summed E-state index contributed by atoms with van der Waals surface area (Å²) >= 11 is 0. The van der Waals surface area contributed by atoms with Crippen LogP contribution < -0.4 is 16.0 Å². The van der Waals surface area contributed by atoms with E-state index in [-0.39, 0.29) is 36.6 Å². The predicted molar refractivity (Wildman–Crippen MR) is 108 cm³/mol. The molecule has 0 aliphatic heterocycles. The summed E-state index contributed by atoms with van der Waals surface area (Å²) in [5, 5.41) is 17.5. The van der Waals surface area contributed by atoms with Crippen LogP contribution in [0.3, 0.4) is 0 Å². The zero-order valence-corrected chi connectivity index (χ0v) is 16.9. The maximum atomic E-state index is 12.3. The molecule has 2 rings (SSSR count). The summed E-state index contributed by atoms with van der Waals surface area (Å²) in [6, 6.07) is 5.12. The van der Waals surface area contributed by atoms with E-state index in [1.165, 1.54) is 0 Å². The minimum absolute atomic E-state index is 0.0157. The molecule has 1 aliphatic rings. The van der Waals surface area contributed by atoms with E-state index in [0.717, 1.165) is 18.4 Å². The molecule has 8 nitrogen and oxygen atoms in total. The molecule has 0 spiro atoms. The Morgan fingerprint density at radius 3 is 2.50 bits per heavy atom. The maximum Gasteiger partial charge on any atom is 0.319 e. The molecule has 1 aliphatic carbocycles. The van der Waals surface area contributed by atoms with Gasteiger partial charge in [-0.15, -0.1) is 0 Å². The molecular weight excluding hydrogens is 360 g/mol. The predicted octanol–water partition coefficient (Wildman–Crippen LogP) is 2.19.